The molecule has 0 aliphatic carbocycles. The molecule has 3 heterocycles. The Labute approximate surface area is 158 Å². The number of nitrogens with zero attached hydrogens (tertiary/aromatic N) is 4. The Morgan fingerprint density at radius 2 is 1.85 bits per heavy atom. The van der Waals surface area contributed by atoms with Crippen LogP contribution < -0.4 is 9.80 Å². The number of fused-ring (bicyclic) bond motifs is 1. The van der Waals surface area contributed by atoms with Crippen LogP contribution >= 0.6 is 0 Å². The van der Waals surface area contributed by atoms with Crippen molar-refractivity contribution in [2.24, 2.45) is 0 Å². The maximum atomic E-state index is 11.7. The molecule has 6 nitrogen and oxygen atoms in total. The number of aryl methyl sites for hydroxylation is 1. The van der Waals surface area contributed by atoms with Crippen molar-refractivity contribution in [2.45, 2.75) is 13.3 Å². The number of pyridine rings is 2. The first-order valence-corrected chi connectivity index (χ1v) is 9.17. The summed E-state index contributed by atoms with van der Waals surface area (Å²) in [4.78, 5) is 25.2. The van der Waals surface area contributed by atoms with E-state index >= 15 is 0 Å². The number of rotatable bonds is 3. The lowest BCUT2D eigenvalue weighted by molar-refractivity contribution is 0.0699. The fourth-order valence-corrected chi connectivity index (χ4v) is 3.71. The van der Waals surface area contributed by atoms with Crippen LogP contribution in [0.25, 0.3) is 10.9 Å². The van der Waals surface area contributed by atoms with E-state index in [0.717, 1.165) is 43.9 Å². The average molecular weight is 362 g/mol. The summed E-state index contributed by atoms with van der Waals surface area (Å²) < 4.78 is 0. The van der Waals surface area contributed by atoms with Crippen LogP contribution in [0.2, 0.25) is 0 Å². The number of aromatic carboxylic acids is 1. The summed E-state index contributed by atoms with van der Waals surface area (Å²) in [6, 6.07) is 11.2. The van der Waals surface area contributed by atoms with Crippen molar-refractivity contribution in [3.63, 3.8) is 0 Å². The van der Waals surface area contributed by atoms with Gasteiger partial charge in [0.1, 0.15) is 5.82 Å². The summed E-state index contributed by atoms with van der Waals surface area (Å²) in [5.74, 6) is -0.182. The monoisotopic (exact) mass is 362 g/mol. The first kappa shape index (κ1) is 17.3. The molecule has 0 unspecified atom stereocenters. The number of para-hydroxylation sites is 1. The van der Waals surface area contributed by atoms with E-state index in [1.54, 1.807) is 6.07 Å². The molecule has 138 valence electrons. The van der Waals surface area contributed by atoms with Gasteiger partial charge in [0.15, 0.2) is 0 Å². The number of anilines is 2. The predicted octanol–water partition coefficient (Wildman–Crippen LogP) is 3.35. The number of aromatic nitrogens is 2. The predicted molar refractivity (Wildman–Crippen MR) is 107 cm³/mol. The topological polar surface area (TPSA) is 69.6 Å². The summed E-state index contributed by atoms with van der Waals surface area (Å²) in [6.45, 7) is 5.55. The Bertz CT molecular complexity index is 989. The van der Waals surface area contributed by atoms with E-state index in [1.165, 1.54) is 11.3 Å². The summed E-state index contributed by atoms with van der Waals surface area (Å²) in [7, 11) is 0. The van der Waals surface area contributed by atoms with E-state index in [4.69, 9.17) is 4.98 Å². The Morgan fingerprint density at radius 3 is 2.67 bits per heavy atom. The second-order valence-electron chi connectivity index (χ2n) is 6.84. The molecule has 0 saturated carbocycles. The number of hydrogen-bond acceptors (Lipinski definition) is 5. The van der Waals surface area contributed by atoms with Gasteiger partial charge in [0.2, 0.25) is 0 Å². The van der Waals surface area contributed by atoms with E-state index in [9.17, 15) is 9.90 Å². The van der Waals surface area contributed by atoms with Crippen molar-refractivity contribution in [1.29, 1.82) is 0 Å². The van der Waals surface area contributed by atoms with Crippen LogP contribution in [0.3, 0.4) is 0 Å². The first-order chi connectivity index (χ1) is 13.1. The fourth-order valence-electron chi connectivity index (χ4n) is 3.71. The molecule has 1 saturated heterocycles. The standard InChI is InChI=1S/C21H22N4O2/c1-15-14-22-8-7-19(15)24-9-4-10-25(12-11-24)20-13-17(21(26)27)16-5-2-3-6-18(16)23-20/h2-3,5-8,13-14H,4,9-12H2,1H3,(H,26,27). The molecule has 0 radical (unpaired) electrons. The van der Waals surface area contributed by atoms with Crippen molar-refractivity contribution < 1.29 is 9.90 Å². The highest BCUT2D eigenvalue weighted by molar-refractivity contribution is 6.03. The van der Waals surface area contributed by atoms with Crippen molar-refractivity contribution in [3.8, 4) is 0 Å². The van der Waals surface area contributed by atoms with Gasteiger partial charge in [-0.1, -0.05) is 18.2 Å². The molecule has 0 amide bonds. The summed E-state index contributed by atoms with van der Waals surface area (Å²) in [5.41, 5.74) is 3.41. The minimum atomic E-state index is -0.918. The number of benzene rings is 1. The van der Waals surface area contributed by atoms with Gasteiger partial charge in [0.05, 0.1) is 11.1 Å². The van der Waals surface area contributed by atoms with E-state index in [0.29, 0.717) is 10.9 Å². The Morgan fingerprint density at radius 1 is 1.07 bits per heavy atom. The molecule has 3 aromatic rings. The third-order valence-electron chi connectivity index (χ3n) is 5.08. The van der Waals surface area contributed by atoms with Crippen LogP contribution in [0.15, 0.2) is 48.8 Å². The second-order valence-corrected chi connectivity index (χ2v) is 6.84. The van der Waals surface area contributed by atoms with Crippen LogP contribution in [0.4, 0.5) is 11.5 Å². The molecular formula is C21H22N4O2. The number of carboxylic acid groups (broad SMARTS) is 1. The molecule has 27 heavy (non-hydrogen) atoms. The Balaban J connectivity index is 1.63. The van der Waals surface area contributed by atoms with Crippen molar-refractivity contribution in [2.75, 3.05) is 36.0 Å². The van der Waals surface area contributed by atoms with Crippen LogP contribution in [-0.4, -0.2) is 47.2 Å². The van der Waals surface area contributed by atoms with Crippen LogP contribution in [0.1, 0.15) is 22.3 Å². The molecule has 0 spiro atoms. The van der Waals surface area contributed by atoms with Gasteiger partial charge in [0, 0.05) is 49.6 Å². The lowest BCUT2D eigenvalue weighted by Gasteiger charge is -2.25. The molecule has 0 atom stereocenters. The van der Waals surface area contributed by atoms with Crippen LogP contribution in [-0.2, 0) is 0 Å². The van der Waals surface area contributed by atoms with Gasteiger partial charge in [-0.15, -0.1) is 0 Å². The van der Waals surface area contributed by atoms with Gasteiger partial charge < -0.3 is 14.9 Å². The highest BCUT2D eigenvalue weighted by Crippen LogP contribution is 2.25. The first-order valence-electron chi connectivity index (χ1n) is 9.17. The Kier molecular flexibility index (Phi) is 4.62. The summed E-state index contributed by atoms with van der Waals surface area (Å²) in [5, 5.41) is 10.3. The van der Waals surface area contributed by atoms with Gasteiger partial charge in [-0.05, 0) is 37.1 Å². The molecule has 0 bridgehead atoms. The van der Waals surface area contributed by atoms with Crippen molar-refractivity contribution in [3.05, 3.63) is 59.9 Å². The van der Waals surface area contributed by atoms with E-state index in [1.807, 2.05) is 36.7 Å². The summed E-state index contributed by atoms with van der Waals surface area (Å²) in [6.07, 6.45) is 4.70. The van der Waals surface area contributed by atoms with Crippen LogP contribution in [0, 0.1) is 6.92 Å². The lowest BCUT2D eigenvalue weighted by atomic mass is 10.1. The minimum Gasteiger partial charge on any atom is -0.478 e. The van der Waals surface area contributed by atoms with Gasteiger partial charge in [-0.2, -0.15) is 0 Å². The highest BCUT2D eigenvalue weighted by Gasteiger charge is 2.20. The average Bonchev–Trinajstić information content (AvgIpc) is 2.93. The fraction of sp³-hybridized carbons (Fsp3) is 0.286. The Hall–Kier alpha value is -3.15. The molecule has 1 fully saturated rings. The number of carbonyl (C=O) groups is 1. The van der Waals surface area contributed by atoms with Crippen LogP contribution in [0.5, 0.6) is 0 Å². The van der Waals surface area contributed by atoms with E-state index < -0.39 is 5.97 Å². The highest BCUT2D eigenvalue weighted by atomic mass is 16.4. The normalized spacial score (nSPS) is 15.0. The van der Waals surface area contributed by atoms with Gasteiger partial charge in [-0.25, -0.2) is 9.78 Å². The molecule has 1 N–H and O–H groups in total. The molecule has 1 aromatic carbocycles. The second kappa shape index (κ2) is 7.23. The molecular weight excluding hydrogens is 340 g/mol. The molecule has 1 aliphatic rings. The quantitative estimate of drug-likeness (QED) is 0.770. The molecule has 1 aliphatic heterocycles. The van der Waals surface area contributed by atoms with Crippen molar-refractivity contribution >= 4 is 28.4 Å². The third kappa shape index (κ3) is 3.43. The molecule has 2 aromatic heterocycles. The summed E-state index contributed by atoms with van der Waals surface area (Å²) >= 11 is 0. The smallest absolute Gasteiger partial charge is 0.336 e. The van der Waals surface area contributed by atoms with Crippen molar-refractivity contribution in [1.82, 2.24) is 9.97 Å². The zero-order valence-corrected chi connectivity index (χ0v) is 15.3. The van der Waals surface area contributed by atoms with Gasteiger partial charge in [0.25, 0.3) is 0 Å². The lowest BCUT2D eigenvalue weighted by Crippen LogP contribution is -2.31. The number of carboxylic acids is 1. The zero-order valence-electron chi connectivity index (χ0n) is 15.3. The van der Waals surface area contributed by atoms with E-state index in [2.05, 4.69) is 27.8 Å². The third-order valence-corrected chi connectivity index (χ3v) is 5.08. The molecule has 4 rings (SSSR count). The molecule has 6 heteroatoms. The maximum absolute atomic E-state index is 11.7. The van der Waals surface area contributed by atoms with E-state index in [-0.39, 0.29) is 0 Å². The largest absolute Gasteiger partial charge is 0.478 e. The SMILES string of the molecule is Cc1cnccc1N1CCCN(c2cc(C(=O)O)c3ccccc3n2)CC1. The minimum absolute atomic E-state index is 0.307. The maximum Gasteiger partial charge on any atom is 0.336 e. The number of hydrogen-bond donors (Lipinski definition) is 1. The zero-order chi connectivity index (χ0) is 18.8. The van der Waals surface area contributed by atoms with Gasteiger partial charge >= 0.3 is 5.97 Å². The van der Waals surface area contributed by atoms with Gasteiger partial charge in [-0.3, -0.25) is 4.98 Å².